The van der Waals surface area contributed by atoms with E-state index in [1.807, 2.05) is 0 Å². The molecule has 3 heteroatoms. The number of hydrogen-bond acceptors (Lipinski definition) is 0. The van der Waals surface area contributed by atoms with E-state index in [1.165, 1.54) is 20.7 Å². The summed E-state index contributed by atoms with van der Waals surface area (Å²) in [5, 5.41) is 7.63. The van der Waals surface area contributed by atoms with Gasteiger partial charge in [0.05, 0.1) is 0 Å². The fourth-order valence-corrected chi connectivity index (χ4v) is 16.4. The van der Waals surface area contributed by atoms with Crippen LogP contribution in [0.15, 0.2) is 121 Å². The Hall–Kier alpha value is -2.17. The standard InChI is InChI=1S/C28H29Si2.Cu/c1-24(29(2,25-16-8-4-9-17-25)26-18-10-5-11-19-26)30(3,27-20-12-6-13-21-27)28-22-14-7-15-23-28;/h4-23H,1-3H3;/q-1;+1. The van der Waals surface area contributed by atoms with Crippen molar-refractivity contribution in [2.45, 2.75) is 20.0 Å². The molecule has 4 aromatic carbocycles. The zero-order valence-electron chi connectivity index (χ0n) is 18.3. The van der Waals surface area contributed by atoms with Crippen LogP contribution in [0.5, 0.6) is 0 Å². The largest absolute Gasteiger partial charge is 1.00 e. The molecule has 0 N–H and O–H groups in total. The van der Waals surface area contributed by atoms with Crippen molar-refractivity contribution < 1.29 is 17.1 Å². The first-order chi connectivity index (χ1) is 14.6. The fourth-order valence-electron chi connectivity index (χ4n) is 4.79. The Morgan fingerprint density at radius 3 is 0.806 bits per heavy atom. The van der Waals surface area contributed by atoms with Crippen molar-refractivity contribution in [1.82, 2.24) is 0 Å². The molecule has 0 bridgehead atoms. The number of rotatable bonds is 6. The summed E-state index contributed by atoms with van der Waals surface area (Å²) in [6.45, 7) is 7.55. The van der Waals surface area contributed by atoms with Crippen LogP contribution in [-0.2, 0) is 17.1 Å². The van der Waals surface area contributed by atoms with Crippen molar-refractivity contribution in [1.29, 1.82) is 0 Å². The quantitative estimate of drug-likeness (QED) is 0.280. The summed E-state index contributed by atoms with van der Waals surface area (Å²) in [5.41, 5.74) is 0. The van der Waals surface area contributed by atoms with Crippen LogP contribution in [-0.4, -0.2) is 16.1 Å². The van der Waals surface area contributed by atoms with E-state index >= 15 is 0 Å². The van der Waals surface area contributed by atoms with Crippen molar-refractivity contribution in [2.24, 2.45) is 0 Å². The van der Waals surface area contributed by atoms with Crippen molar-refractivity contribution in [3.8, 4) is 0 Å². The van der Waals surface area contributed by atoms with Crippen molar-refractivity contribution >= 4 is 36.9 Å². The maximum atomic E-state index is 2.55. The van der Waals surface area contributed by atoms with Gasteiger partial charge < -0.3 is 0 Å². The first-order valence-electron chi connectivity index (χ1n) is 10.6. The Bertz CT molecular complexity index is 899. The van der Waals surface area contributed by atoms with E-state index in [0.717, 1.165) is 0 Å². The molecule has 0 aliphatic carbocycles. The molecule has 0 fully saturated rings. The minimum Gasteiger partial charge on any atom is -0.297 e. The summed E-state index contributed by atoms with van der Waals surface area (Å²) in [6, 6.07) is 44.8. The van der Waals surface area contributed by atoms with Gasteiger partial charge in [-0.2, -0.15) is 6.92 Å². The van der Waals surface area contributed by atoms with Gasteiger partial charge in [0.1, 0.15) is 0 Å². The van der Waals surface area contributed by atoms with Gasteiger partial charge >= 0.3 is 17.1 Å². The molecule has 0 heterocycles. The molecule has 0 radical (unpaired) electrons. The summed E-state index contributed by atoms with van der Waals surface area (Å²) in [6.07, 6.45) is 0. The fraction of sp³-hybridized carbons (Fsp3) is 0.107. The van der Waals surface area contributed by atoms with Crippen molar-refractivity contribution in [3.05, 3.63) is 126 Å². The average Bonchev–Trinajstić information content (AvgIpc) is 2.84. The van der Waals surface area contributed by atoms with Gasteiger partial charge in [-0.1, -0.05) is 155 Å². The third-order valence-corrected chi connectivity index (χ3v) is 18.9. The van der Waals surface area contributed by atoms with Gasteiger partial charge in [-0.3, -0.25) is 5.16 Å². The van der Waals surface area contributed by atoms with E-state index in [2.05, 4.69) is 141 Å². The summed E-state index contributed by atoms with van der Waals surface area (Å²) >= 11 is 0. The maximum Gasteiger partial charge on any atom is 1.00 e. The van der Waals surface area contributed by atoms with E-state index in [1.54, 1.807) is 5.16 Å². The summed E-state index contributed by atoms with van der Waals surface area (Å²) in [4.78, 5) is 0. The average molecular weight is 485 g/mol. The van der Waals surface area contributed by atoms with Crippen molar-refractivity contribution in [3.63, 3.8) is 0 Å². The molecule has 0 aromatic heterocycles. The van der Waals surface area contributed by atoms with E-state index in [0.29, 0.717) is 0 Å². The topological polar surface area (TPSA) is 0 Å². The van der Waals surface area contributed by atoms with Gasteiger partial charge in [-0.25, -0.2) is 0 Å². The molecule has 31 heavy (non-hydrogen) atoms. The van der Waals surface area contributed by atoms with Gasteiger partial charge in [0, 0.05) is 0 Å². The van der Waals surface area contributed by atoms with Crippen LogP contribution >= 0.6 is 0 Å². The molecule has 0 saturated carbocycles. The van der Waals surface area contributed by atoms with Gasteiger partial charge in [0.2, 0.25) is 0 Å². The second kappa shape index (κ2) is 9.97. The minimum absolute atomic E-state index is 0. The monoisotopic (exact) mass is 484 g/mol. The third-order valence-electron chi connectivity index (χ3n) is 6.90. The first-order valence-corrected chi connectivity index (χ1v) is 15.6. The minimum atomic E-state index is -2.13. The molecule has 0 unspecified atom stereocenters. The van der Waals surface area contributed by atoms with Crippen molar-refractivity contribution in [2.75, 3.05) is 0 Å². The molecule has 4 aromatic rings. The molecule has 0 atom stereocenters. The number of benzene rings is 4. The molecule has 0 aliphatic heterocycles. The van der Waals surface area contributed by atoms with Crippen LogP contribution < -0.4 is 20.7 Å². The normalized spacial score (nSPS) is 11.7. The Morgan fingerprint density at radius 2 is 0.613 bits per heavy atom. The maximum absolute atomic E-state index is 2.55. The molecule has 0 spiro atoms. The molecule has 4 rings (SSSR count). The SMILES string of the molecule is C[C-]([Si](C)(c1ccccc1)c1ccccc1)[Si](C)(c1ccccc1)c1ccccc1.[Cu+]. The van der Waals surface area contributed by atoms with Crippen LogP contribution in [0.2, 0.25) is 13.1 Å². The van der Waals surface area contributed by atoms with Gasteiger partial charge in [-0.15, -0.1) is 0 Å². The summed E-state index contributed by atoms with van der Waals surface area (Å²) < 4.78 is 0. The van der Waals surface area contributed by atoms with Crippen LogP contribution in [0.25, 0.3) is 0 Å². The van der Waals surface area contributed by atoms with E-state index < -0.39 is 16.1 Å². The van der Waals surface area contributed by atoms with E-state index in [4.69, 9.17) is 0 Å². The van der Waals surface area contributed by atoms with Gasteiger partial charge in [0.15, 0.2) is 0 Å². The Labute approximate surface area is 199 Å². The molecule has 0 aliphatic rings. The van der Waals surface area contributed by atoms with Crippen LogP contribution in [0.1, 0.15) is 6.92 Å². The van der Waals surface area contributed by atoms with E-state index in [9.17, 15) is 0 Å². The zero-order chi connectivity index (χ0) is 21.0. The number of hydrogen-bond donors (Lipinski definition) is 0. The molecular formula is C28H29CuSi2. The molecule has 0 amide bonds. The molecular weight excluding hydrogens is 456 g/mol. The van der Waals surface area contributed by atoms with Crippen LogP contribution in [0.4, 0.5) is 0 Å². The predicted octanol–water partition coefficient (Wildman–Crippen LogP) is 4.44. The summed E-state index contributed by atoms with van der Waals surface area (Å²) in [7, 11) is -4.26. The Morgan fingerprint density at radius 1 is 0.419 bits per heavy atom. The van der Waals surface area contributed by atoms with E-state index in [-0.39, 0.29) is 17.1 Å². The zero-order valence-corrected chi connectivity index (χ0v) is 21.3. The van der Waals surface area contributed by atoms with Gasteiger partial charge in [0.25, 0.3) is 0 Å². The molecule has 0 saturated heterocycles. The Balaban J connectivity index is 0.00000272. The summed E-state index contributed by atoms with van der Waals surface area (Å²) in [5.74, 6) is 0. The van der Waals surface area contributed by atoms with Crippen LogP contribution in [0.3, 0.4) is 0 Å². The molecule has 160 valence electrons. The third kappa shape index (κ3) is 4.29. The second-order valence-electron chi connectivity index (χ2n) is 8.34. The van der Waals surface area contributed by atoms with Crippen LogP contribution in [0, 0.1) is 5.16 Å². The molecule has 0 nitrogen and oxygen atoms in total. The smallest absolute Gasteiger partial charge is 0.297 e. The Kier molecular flexibility index (Phi) is 7.56. The van der Waals surface area contributed by atoms with Gasteiger partial charge in [-0.05, 0) is 16.1 Å². The predicted molar refractivity (Wildman–Crippen MR) is 136 cm³/mol. The second-order valence-corrected chi connectivity index (χ2v) is 17.1. The first kappa shape index (κ1) is 23.5.